The Bertz CT molecular complexity index is 639. The summed E-state index contributed by atoms with van der Waals surface area (Å²) in [5.41, 5.74) is 0.949. The summed E-state index contributed by atoms with van der Waals surface area (Å²) in [5, 5.41) is 14.8. The predicted octanol–water partition coefficient (Wildman–Crippen LogP) is 1.23. The quantitative estimate of drug-likeness (QED) is 0.368. The number of aliphatic hydroxyl groups excluding tert-OH is 1. The molecule has 1 aromatic carbocycles. The number of ether oxygens (including phenoxy) is 1. The lowest BCUT2D eigenvalue weighted by molar-refractivity contribution is -0.145. The highest BCUT2D eigenvalue weighted by molar-refractivity contribution is 5.73. The van der Waals surface area contributed by atoms with Gasteiger partial charge in [0.15, 0.2) is 0 Å². The summed E-state index contributed by atoms with van der Waals surface area (Å²) in [7, 11) is 0. The minimum absolute atomic E-state index is 0.0647. The van der Waals surface area contributed by atoms with E-state index in [0.29, 0.717) is 51.9 Å². The predicted molar refractivity (Wildman–Crippen MR) is 115 cm³/mol. The number of esters is 1. The van der Waals surface area contributed by atoms with Crippen molar-refractivity contribution in [2.75, 3.05) is 32.8 Å². The first-order valence-electron chi connectivity index (χ1n) is 10.4. The Morgan fingerprint density at radius 2 is 1.80 bits per heavy atom. The topological polar surface area (TPSA) is 108 Å². The Balaban J connectivity index is 2.49. The molecule has 0 aromatic heterocycles. The number of hydrogen-bond donors (Lipinski definition) is 3. The van der Waals surface area contributed by atoms with E-state index in [9.17, 15) is 14.4 Å². The average Bonchev–Trinajstić information content (AvgIpc) is 2.70. The molecule has 168 valence electrons. The van der Waals surface area contributed by atoms with Crippen molar-refractivity contribution >= 4 is 17.8 Å². The highest BCUT2D eigenvalue weighted by Gasteiger charge is 2.16. The van der Waals surface area contributed by atoms with Gasteiger partial charge in [-0.15, -0.1) is 0 Å². The second-order valence-electron chi connectivity index (χ2n) is 7.30. The molecule has 0 aliphatic carbocycles. The van der Waals surface area contributed by atoms with Crippen LogP contribution in [-0.2, 0) is 25.7 Å². The maximum atomic E-state index is 12.0. The normalized spacial score (nSPS) is 11.7. The van der Waals surface area contributed by atoms with Crippen molar-refractivity contribution in [3.8, 4) is 0 Å². The average molecular weight is 422 g/mol. The lowest BCUT2D eigenvalue weighted by Gasteiger charge is -2.28. The van der Waals surface area contributed by atoms with Crippen LogP contribution in [0.2, 0.25) is 0 Å². The summed E-state index contributed by atoms with van der Waals surface area (Å²) < 4.78 is 5.31. The van der Waals surface area contributed by atoms with E-state index in [2.05, 4.69) is 15.5 Å². The van der Waals surface area contributed by atoms with E-state index in [4.69, 9.17) is 9.84 Å². The number of rotatable bonds is 15. The summed E-state index contributed by atoms with van der Waals surface area (Å²) in [4.78, 5) is 36.8. The Kier molecular flexibility index (Phi) is 13.1. The molecule has 1 unspecified atom stereocenters. The fourth-order valence-electron chi connectivity index (χ4n) is 3.09. The van der Waals surface area contributed by atoms with Crippen LogP contribution in [0.1, 0.15) is 45.1 Å². The number of carbonyl (C=O) groups is 3. The smallest absolute Gasteiger partial charge is 0.306 e. The molecule has 1 atom stereocenters. The minimum atomic E-state index is -0.251. The molecule has 1 aromatic rings. The first kappa shape index (κ1) is 25.6. The van der Waals surface area contributed by atoms with Crippen LogP contribution in [0.4, 0.5) is 0 Å². The number of benzene rings is 1. The largest absolute Gasteiger partial charge is 0.461 e. The van der Waals surface area contributed by atoms with Gasteiger partial charge in [0, 0.05) is 52.6 Å². The first-order valence-corrected chi connectivity index (χ1v) is 10.4. The van der Waals surface area contributed by atoms with Crippen molar-refractivity contribution in [2.24, 2.45) is 0 Å². The molecule has 2 amide bonds. The molecule has 0 radical (unpaired) electrons. The molecule has 0 aliphatic heterocycles. The lowest BCUT2D eigenvalue weighted by Crippen LogP contribution is -2.45. The zero-order chi connectivity index (χ0) is 22.2. The standard InChI is InChI=1S/C22H35N3O5/c1-18(27)23-12-14-25(16-21(10-7-15-26)24-19(2)28)13-6-11-22(29)30-17-20-8-4-3-5-9-20/h3-5,8-9,21,26H,6-7,10-17H2,1-2H3,(H,23,27)(H,24,28). The van der Waals surface area contributed by atoms with Gasteiger partial charge in [0.2, 0.25) is 11.8 Å². The van der Waals surface area contributed by atoms with Crippen molar-refractivity contribution in [3.63, 3.8) is 0 Å². The fourth-order valence-corrected chi connectivity index (χ4v) is 3.09. The summed E-state index contributed by atoms with van der Waals surface area (Å²) >= 11 is 0. The second kappa shape index (κ2) is 15.4. The Hall–Kier alpha value is -2.45. The molecule has 0 spiro atoms. The molecule has 3 N–H and O–H groups in total. The molecular formula is C22H35N3O5. The number of nitrogens with zero attached hydrogens (tertiary/aromatic N) is 1. The van der Waals surface area contributed by atoms with Crippen LogP contribution in [0.15, 0.2) is 30.3 Å². The number of amides is 2. The van der Waals surface area contributed by atoms with Gasteiger partial charge < -0.3 is 20.5 Å². The SMILES string of the molecule is CC(=O)NCCN(CCCC(=O)OCc1ccccc1)CC(CCCO)NC(C)=O. The molecule has 0 aliphatic rings. The lowest BCUT2D eigenvalue weighted by atomic mass is 10.1. The van der Waals surface area contributed by atoms with Crippen molar-refractivity contribution in [1.29, 1.82) is 0 Å². The zero-order valence-electron chi connectivity index (χ0n) is 18.1. The van der Waals surface area contributed by atoms with Gasteiger partial charge in [-0.25, -0.2) is 0 Å². The van der Waals surface area contributed by atoms with Gasteiger partial charge in [-0.1, -0.05) is 30.3 Å². The molecule has 30 heavy (non-hydrogen) atoms. The Morgan fingerprint density at radius 3 is 2.43 bits per heavy atom. The minimum Gasteiger partial charge on any atom is -0.461 e. The summed E-state index contributed by atoms with van der Waals surface area (Å²) in [6, 6.07) is 9.43. The maximum Gasteiger partial charge on any atom is 0.306 e. The second-order valence-corrected chi connectivity index (χ2v) is 7.30. The maximum absolute atomic E-state index is 12.0. The molecule has 1 rings (SSSR count). The third-order valence-electron chi connectivity index (χ3n) is 4.50. The number of nitrogens with one attached hydrogen (secondary N) is 2. The highest BCUT2D eigenvalue weighted by atomic mass is 16.5. The third kappa shape index (κ3) is 12.9. The van der Waals surface area contributed by atoms with Crippen molar-refractivity contribution < 1.29 is 24.2 Å². The molecule has 0 bridgehead atoms. The van der Waals surface area contributed by atoms with E-state index in [-0.39, 0.29) is 37.0 Å². The Morgan fingerprint density at radius 1 is 1.07 bits per heavy atom. The van der Waals surface area contributed by atoms with Crippen molar-refractivity contribution in [2.45, 2.75) is 52.2 Å². The molecule has 8 heteroatoms. The van der Waals surface area contributed by atoms with Gasteiger partial charge >= 0.3 is 5.97 Å². The Labute approximate surface area is 179 Å². The van der Waals surface area contributed by atoms with Crippen LogP contribution >= 0.6 is 0 Å². The molecule has 8 nitrogen and oxygen atoms in total. The van der Waals surface area contributed by atoms with Gasteiger partial charge in [-0.05, 0) is 31.4 Å². The van der Waals surface area contributed by atoms with E-state index in [1.54, 1.807) is 0 Å². The summed E-state index contributed by atoms with van der Waals surface area (Å²) in [5.74, 6) is -0.471. The van der Waals surface area contributed by atoms with Crippen LogP contribution in [0, 0.1) is 0 Å². The number of hydrogen-bond acceptors (Lipinski definition) is 6. The van der Waals surface area contributed by atoms with Crippen LogP contribution in [-0.4, -0.2) is 66.6 Å². The molecule has 0 saturated carbocycles. The van der Waals surface area contributed by atoms with Gasteiger partial charge in [-0.3, -0.25) is 19.3 Å². The van der Waals surface area contributed by atoms with Gasteiger partial charge in [0.05, 0.1) is 0 Å². The van der Waals surface area contributed by atoms with Crippen LogP contribution in [0.25, 0.3) is 0 Å². The van der Waals surface area contributed by atoms with Gasteiger partial charge in [0.25, 0.3) is 0 Å². The van der Waals surface area contributed by atoms with E-state index in [1.165, 1.54) is 13.8 Å². The van der Waals surface area contributed by atoms with E-state index < -0.39 is 0 Å². The van der Waals surface area contributed by atoms with Crippen LogP contribution in [0.5, 0.6) is 0 Å². The van der Waals surface area contributed by atoms with Crippen molar-refractivity contribution in [1.82, 2.24) is 15.5 Å². The van der Waals surface area contributed by atoms with E-state index >= 15 is 0 Å². The monoisotopic (exact) mass is 421 g/mol. The van der Waals surface area contributed by atoms with Crippen molar-refractivity contribution in [3.05, 3.63) is 35.9 Å². The molecule has 0 heterocycles. The van der Waals surface area contributed by atoms with Gasteiger partial charge in [0.1, 0.15) is 6.61 Å². The summed E-state index contributed by atoms with van der Waals surface area (Å²) in [6.45, 7) is 5.57. The van der Waals surface area contributed by atoms with Crippen LogP contribution < -0.4 is 10.6 Å². The number of carbonyl (C=O) groups excluding carboxylic acids is 3. The zero-order valence-corrected chi connectivity index (χ0v) is 18.1. The fraction of sp³-hybridized carbons (Fsp3) is 0.591. The van der Waals surface area contributed by atoms with E-state index in [0.717, 1.165) is 5.56 Å². The highest BCUT2D eigenvalue weighted by Crippen LogP contribution is 2.06. The molecule has 0 fully saturated rings. The van der Waals surface area contributed by atoms with E-state index in [1.807, 2.05) is 30.3 Å². The molecular weight excluding hydrogens is 386 g/mol. The third-order valence-corrected chi connectivity index (χ3v) is 4.50. The first-order chi connectivity index (χ1) is 14.4. The number of aliphatic hydroxyl groups is 1. The molecule has 0 saturated heterocycles. The van der Waals surface area contributed by atoms with Gasteiger partial charge in [-0.2, -0.15) is 0 Å². The summed E-state index contributed by atoms with van der Waals surface area (Å²) in [6.07, 6.45) is 2.16. The van der Waals surface area contributed by atoms with Crippen LogP contribution in [0.3, 0.4) is 0 Å².